The number of carbonyl (C=O) groups excluding carboxylic acids is 1. The molecule has 0 aliphatic carbocycles. The fourth-order valence-corrected chi connectivity index (χ4v) is 3.70. The second kappa shape index (κ2) is 6.64. The van der Waals surface area contributed by atoms with Gasteiger partial charge in [0, 0.05) is 9.99 Å². The van der Waals surface area contributed by atoms with E-state index in [1.165, 1.54) is 24.3 Å². The highest BCUT2D eigenvalue weighted by molar-refractivity contribution is 14.1. The number of hydrogen-bond acceptors (Lipinski definition) is 2. The summed E-state index contributed by atoms with van der Waals surface area (Å²) >= 11 is 4.25. The Morgan fingerprint density at radius 2 is 2.06 bits per heavy atom. The van der Waals surface area contributed by atoms with Crippen molar-refractivity contribution in [1.82, 2.24) is 0 Å². The Hall–Kier alpha value is -0.230. The van der Waals surface area contributed by atoms with E-state index in [1.54, 1.807) is 0 Å². The molecule has 2 nitrogen and oxygen atoms in total. The summed E-state index contributed by atoms with van der Waals surface area (Å²) in [4.78, 5) is 11.9. The number of amides is 1. The quantitative estimate of drug-likeness (QED) is 0.831. The molecule has 1 aromatic rings. The minimum absolute atomic E-state index is 0.158. The molecule has 1 N–H and O–H groups in total. The molecule has 1 aliphatic heterocycles. The van der Waals surface area contributed by atoms with Crippen molar-refractivity contribution in [2.24, 2.45) is 5.92 Å². The summed E-state index contributed by atoms with van der Waals surface area (Å²) in [6.07, 6.45) is 3.04. The third-order valence-corrected chi connectivity index (χ3v) is 4.95. The van der Waals surface area contributed by atoms with Gasteiger partial charge in [-0.1, -0.05) is 12.1 Å². The van der Waals surface area contributed by atoms with Crippen LogP contribution in [0.5, 0.6) is 0 Å². The summed E-state index contributed by atoms with van der Waals surface area (Å²) in [5.41, 5.74) is 0.934. The van der Waals surface area contributed by atoms with E-state index in [4.69, 9.17) is 0 Å². The number of rotatable bonds is 3. The number of benzene rings is 1. The number of carbonyl (C=O) groups is 1. The molecule has 0 spiro atoms. The van der Waals surface area contributed by atoms with E-state index in [0.717, 1.165) is 9.26 Å². The largest absolute Gasteiger partial charge is 0.325 e. The average molecular weight is 361 g/mol. The highest BCUT2D eigenvalue weighted by atomic mass is 127. The Labute approximate surface area is 120 Å². The van der Waals surface area contributed by atoms with E-state index in [0.29, 0.717) is 12.3 Å². The van der Waals surface area contributed by atoms with Crippen molar-refractivity contribution in [3.63, 3.8) is 0 Å². The Bertz CT molecular complexity index is 391. The average Bonchev–Trinajstić information content (AvgIpc) is 2.33. The summed E-state index contributed by atoms with van der Waals surface area (Å²) < 4.78 is 1.10. The third-order valence-electron chi connectivity index (χ3n) is 2.96. The van der Waals surface area contributed by atoms with E-state index in [1.807, 2.05) is 36.0 Å². The van der Waals surface area contributed by atoms with Crippen LogP contribution in [0.4, 0.5) is 5.69 Å². The van der Waals surface area contributed by atoms with Crippen molar-refractivity contribution in [1.29, 1.82) is 0 Å². The summed E-state index contributed by atoms with van der Waals surface area (Å²) in [5, 5.41) is 3.00. The molecule has 0 saturated carbocycles. The van der Waals surface area contributed by atoms with Gasteiger partial charge in [0.2, 0.25) is 5.91 Å². The maximum Gasteiger partial charge on any atom is 0.224 e. The smallest absolute Gasteiger partial charge is 0.224 e. The topological polar surface area (TPSA) is 29.1 Å². The van der Waals surface area contributed by atoms with Crippen LogP contribution in [-0.2, 0) is 4.79 Å². The molecule has 0 radical (unpaired) electrons. The summed E-state index contributed by atoms with van der Waals surface area (Å²) in [5.74, 6) is 3.16. The number of nitrogens with one attached hydrogen (secondary N) is 1. The number of para-hydroxylation sites is 1. The van der Waals surface area contributed by atoms with Crippen molar-refractivity contribution in [3.8, 4) is 0 Å². The van der Waals surface area contributed by atoms with Crippen molar-refractivity contribution in [2.75, 3.05) is 16.8 Å². The van der Waals surface area contributed by atoms with Crippen molar-refractivity contribution >= 4 is 45.9 Å². The zero-order valence-corrected chi connectivity index (χ0v) is 12.6. The zero-order valence-electron chi connectivity index (χ0n) is 9.62. The van der Waals surface area contributed by atoms with Crippen LogP contribution >= 0.6 is 34.4 Å². The lowest BCUT2D eigenvalue weighted by molar-refractivity contribution is -0.117. The highest BCUT2D eigenvalue weighted by Gasteiger charge is 2.17. The molecule has 1 aromatic carbocycles. The molecule has 1 saturated heterocycles. The lowest BCUT2D eigenvalue weighted by Crippen LogP contribution is -2.19. The van der Waals surface area contributed by atoms with Gasteiger partial charge < -0.3 is 5.32 Å². The fraction of sp³-hybridized carbons (Fsp3) is 0.462. The fourth-order valence-electron chi connectivity index (χ4n) is 1.98. The van der Waals surface area contributed by atoms with Gasteiger partial charge in [0.1, 0.15) is 0 Å². The molecule has 1 heterocycles. The lowest BCUT2D eigenvalue weighted by Gasteiger charge is -2.20. The van der Waals surface area contributed by atoms with Crippen LogP contribution in [0.3, 0.4) is 0 Å². The van der Waals surface area contributed by atoms with Crippen LogP contribution in [-0.4, -0.2) is 17.4 Å². The van der Waals surface area contributed by atoms with E-state index in [9.17, 15) is 4.79 Å². The van der Waals surface area contributed by atoms with Crippen LogP contribution < -0.4 is 5.32 Å². The number of thioether (sulfide) groups is 1. The van der Waals surface area contributed by atoms with Crippen LogP contribution in [0.15, 0.2) is 24.3 Å². The zero-order chi connectivity index (χ0) is 12.1. The molecule has 0 atom stereocenters. The van der Waals surface area contributed by atoms with Crippen LogP contribution in [0.2, 0.25) is 0 Å². The molecule has 1 fully saturated rings. The second-order valence-corrected chi connectivity index (χ2v) is 6.67. The van der Waals surface area contributed by atoms with Gasteiger partial charge in [-0.2, -0.15) is 11.8 Å². The SMILES string of the molecule is O=C(CC1CCSCC1)Nc1ccccc1I. The molecule has 0 bridgehead atoms. The predicted octanol–water partition coefficient (Wildman–Crippen LogP) is 3.76. The Kier molecular flexibility index (Phi) is 5.16. The predicted molar refractivity (Wildman–Crippen MR) is 82.5 cm³/mol. The van der Waals surface area contributed by atoms with Crippen molar-refractivity contribution < 1.29 is 4.79 Å². The Balaban J connectivity index is 1.86. The maximum atomic E-state index is 11.9. The Morgan fingerprint density at radius 1 is 1.35 bits per heavy atom. The normalized spacial score (nSPS) is 16.8. The van der Waals surface area contributed by atoms with E-state index >= 15 is 0 Å². The van der Waals surface area contributed by atoms with Crippen molar-refractivity contribution in [3.05, 3.63) is 27.8 Å². The molecule has 4 heteroatoms. The van der Waals surface area contributed by atoms with E-state index < -0.39 is 0 Å². The molecule has 92 valence electrons. The maximum absolute atomic E-state index is 11.9. The third kappa shape index (κ3) is 4.17. The number of halogens is 1. The van der Waals surface area contributed by atoms with Crippen LogP contribution in [0.25, 0.3) is 0 Å². The standard InChI is InChI=1S/C13H16INOS/c14-11-3-1-2-4-12(11)15-13(16)9-10-5-7-17-8-6-10/h1-4,10H,5-9H2,(H,15,16). The number of anilines is 1. The molecule has 2 rings (SSSR count). The highest BCUT2D eigenvalue weighted by Crippen LogP contribution is 2.26. The van der Waals surface area contributed by atoms with Gasteiger partial charge in [-0.05, 0) is 65.0 Å². The number of hydrogen-bond donors (Lipinski definition) is 1. The molecule has 1 amide bonds. The van der Waals surface area contributed by atoms with Crippen LogP contribution in [0.1, 0.15) is 19.3 Å². The molecule has 0 aromatic heterocycles. The van der Waals surface area contributed by atoms with E-state index in [2.05, 4.69) is 27.9 Å². The summed E-state index contributed by atoms with van der Waals surface area (Å²) in [6.45, 7) is 0. The molecule has 1 aliphatic rings. The first kappa shape index (κ1) is 13.2. The summed E-state index contributed by atoms with van der Waals surface area (Å²) in [7, 11) is 0. The van der Waals surface area contributed by atoms with Gasteiger partial charge in [0.25, 0.3) is 0 Å². The monoisotopic (exact) mass is 361 g/mol. The van der Waals surface area contributed by atoms with Gasteiger partial charge in [-0.15, -0.1) is 0 Å². The second-order valence-electron chi connectivity index (χ2n) is 4.29. The minimum Gasteiger partial charge on any atom is -0.325 e. The van der Waals surface area contributed by atoms with E-state index in [-0.39, 0.29) is 5.91 Å². The van der Waals surface area contributed by atoms with Gasteiger partial charge in [-0.3, -0.25) is 4.79 Å². The molecular formula is C13H16INOS. The molecule has 17 heavy (non-hydrogen) atoms. The van der Waals surface area contributed by atoms with Crippen molar-refractivity contribution in [2.45, 2.75) is 19.3 Å². The summed E-state index contributed by atoms with van der Waals surface area (Å²) in [6, 6.07) is 7.90. The van der Waals surface area contributed by atoms with Crippen LogP contribution in [0, 0.1) is 9.49 Å². The van der Waals surface area contributed by atoms with Gasteiger partial charge in [0.15, 0.2) is 0 Å². The molecular weight excluding hydrogens is 345 g/mol. The molecule has 0 unspecified atom stereocenters. The van der Waals surface area contributed by atoms with Gasteiger partial charge in [0.05, 0.1) is 5.69 Å². The first-order valence-electron chi connectivity index (χ1n) is 5.88. The van der Waals surface area contributed by atoms with Gasteiger partial charge >= 0.3 is 0 Å². The first-order chi connectivity index (χ1) is 8.25. The lowest BCUT2D eigenvalue weighted by atomic mass is 9.98. The first-order valence-corrected chi connectivity index (χ1v) is 8.11. The Morgan fingerprint density at radius 3 is 2.76 bits per heavy atom. The van der Waals surface area contributed by atoms with Gasteiger partial charge in [-0.25, -0.2) is 0 Å². The minimum atomic E-state index is 0.158.